The third kappa shape index (κ3) is 5.46. The molecule has 1 saturated heterocycles. The molecule has 0 spiro atoms. The largest absolute Gasteiger partial charge is 0.229 e. The first-order valence-corrected chi connectivity index (χ1v) is 11.5. The summed E-state index contributed by atoms with van der Waals surface area (Å²) in [6.45, 7) is 3.86. The Morgan fingerprint density at radius 2 is 1.56 bits per heavy atom. The molecule has 142 valence electrons. The molecule has 0 unspecified atom stereocenters. The zero-order valence-corrected chi connectivity index (χ0v) is 15.9. The van der Waals surface area contributed by atoms with Crippen LogP contribution in [0.25, 0.3) is 0 Å². The van der Waals surface area contributed by atoms with Gasteiger partial charge in [-0.15, -0.1) is 0 Å². The summed E-state index contributed by atoms with van der Waals surface area (Å²) in [5.41, 5.74) is 0.0343. The number of benzene rings is 1. The van der Waals surface area contributed by atoms with E-state index in [1.807, 2.05) is 13.8 Å². The van der Waals surface area contributed by atoms with Gasteiger partial charge in [-0.1, -0.05) is 13.8 Å². The quantitative estimate of drug-likeness (QED) is 0.741. The smallest absolute Gasteiger partial charge is 0.218 e. The van der Waals surface area contributed by atoms with Gasteiger partial charge in [0.15, 0.2) is 9.84 Å². The van der Waals surface area contributed by atoms with Crippen LogP contribution < -0.4 is 0 Å². The van der Waals surface area contributed by atoms with Crippen molar-refractivity contribution < 1.29 is 25.6 Å². The van der Waals surface area contributed by atoms with E-state index in [2.05, 4.69) is 0 Å². The van der Waals surface area contributed by atoms with Crippen LogP contribution in [0.3, 0.4) is 0 Å². The van der Waals surface area contributed by atoms with Crippen molar-refractivity contribution in [3.8, 4) is 0 Å². The number of hydrogen-bond acceptors (Lipinski definition) is 4. The van der Waals surface area contributed by atoms with Gasteiger partial charge >= 0.3 is 0 Å². The van der Waals surface area contributed by atoms with Crippen LogP contribution in [-0.4, -0.2) is 45.2 Å². The SMILES string of the molecule is CC(C)CS(=O)(=O)C1CCN(S(=O)(=O)Cc2cc(F)cc(F)c2)CC1. The zero-order chi connectivity index (χ0) is 18.8. The molecule has 0 N–H and O–H groups in total. The fourth-order valence-corrected chi connectivity index (χ4v) is 6.73. The van der Waals surface area contributed by atoms with E-state index in [9.17, 15) is 25.6 Å². The first kappa shape index (κ1) is 20.3. The average molecular weight is 395 g/mol. The highest BCUT2D eigenvalue weighted by Crippen LogP contribution is 2.24. The minimum absolute atomic E-state index is 0.0228. The van der Waals surface area contributed by atoms with Crippen molar-refractivity contribution in [2.24, 2.45) is 5.92 Å². The molecule has 25 heavy (non-hydrogen) atoms. The Labute approximate surface area is 148 Å². The number of halogens is 2. The molecular formula is C16H23F2NO4S2. The lowest BCUT2D eigenvalue weighted by molar-refractivity contribution is 0.344. The molecule has 0 saturated carbocycles. The molecule has 0 bridgehead atoms. The summed E-state index contributed by atoms with van der Waals surface area (Å²) < 4.78 is 77.1. The molecular weight excluding hydrogens is 372 g/mol. The van der Waals surface area contributed by atoms with Gasteiger partial charge in [-0.05, 0) is 36.5 Å². The number of hydrogen-bond donors (Lipinski definition) is 0. The summed E-state index contributed by atoms with van der Waals surface area (Å²) in [6.07, 6.45) is 0.484. The molecule has 1 aromatic rings. The van der Waals surface area contributed by atoms with Gasteiger partial charge in [0.05, 0.1) is 16.8 Å². The van der Waals surface area contributed by atoms with Crippen LogP contribution in [0.1, 0.15) is 32.3 Å². The molecule has 0 amide bonds. The van der Waals surface area contributed by atoms with E-state index in [1.54, 1.807) is 0 Å². The van der Waals surface area contributed by atoms with Gasteiger partial charge in [-0.3, -0.25) is 0 Å². The van der Waals surface area contributed by atoms with E-state index in [-0.39, 0.29) is 43.2 Å². The Bertz CT molecular complexity index is 794. The molecule has 0 aromatic heterocycles. The number of sulfone groups is 1. The van der Waals surface area contributed by atoms with Gasteiger partial charge < -0.3 is 0 Å². The van der Waals surface area contributed by atoms with E-state index >= 15 is 0 Å². The molecule has 0 aliphatic carbocycles. The van der Waals surface area contributed by atoms with E-state index in [0.29, 0.717) is 6.07 Å². The van der Waals surface area contributed by atoms with Gasteiger partial charge in [0.2, 0.25) is 10.0 Å². The topological polar surface area (TPSA) is 71.5 Å². The minimum atomic E-state index is -3.76. The van der Waals surface area contributed by atoms with Crippen molar-refractivity contribution in [3.05, 3.63) is 35.4 Å². The normalized spacial score (nSPS) is 18.0. The lowest BCUT2D eigenvalue weighted by atomic mass is 10.2. The molecule has 0 atom stereocenters. The zero-order valence-electron chi connectivity index (χ0n) is 14.3. The first-order chi connectivity index (χ1) is 11.5. The van der Waals surface area contributed by atoms with Crippen molar-refractivity contribution in [2.45, 2.75) is 37.7 Å². The fraction of sp³-hybridized carbons (Fsp3) is 0.625. The summed E-state index contributed by atoms with van der Waals surface area (Å²) in [5.74, 6) is -2.06. The van der Waals surface area contributed by atoms with Crippen molar-refractivity contribution in [1.29, 1.82) is 0 Å². The van der Waals surface area contributed by atoms with Crippen LogP contribution in [0.2, 0.25) is 0 Å². The van der Waals surface area contributed by atoms with Crippen LogP contribution in [0.5, 0.6) is 0 Å². The van der Waals surface area contributed by atoms with Crippen LogP contribution in [0.15, 0.2) is 18.2 Å². The third-order valence-electron chi connectivity index (χ3n) is 4.14. The highest BCUT2D eigenvalue weighted by Gasteiger charge is 2.34. The predicted molar refractivity (Wildman–Crippen MR) is 92.2 cm³/mol. The molecule has 9 heteroatoms. The maximum Gasteiger partial charge on any atom is 0.218 e. The molecule has 5 nitrogen and oxygen atoms in total. The maximum absolute atomic E-state index is 13.2. The maximum atomic E-state index is 13.2. The van der Waals surface area contributed by atoms with Gasteiger partial charge in [0, 0.05) is 19.2 Å². The molecule has 1 heterocycles. The summed E-state index contributed by atoms with van der Waals surface area (Å²) in [7, 11) is -7.00. The number of nitrogens with zero attached hydrogens (tertiary/aromatic N) is 1. The summed E-state index contributed by atoms with van der Waals surface area (Å²) in [5, 5.41) is -0.534. The molecule has 1 aromatic carbocycles. The predicted octanol–water partition coefficient (Wildman–Crippen LogP) is 2.33. The van der Waals surface area contributed by atoms with E-state index < -0.39 is 42.5 Å². The fourth-order valence-electron chi connectivity index (χ4n) is 3.07. The van der Waals surface area contributed by atoms with Crippen molar-refractivity contribution in [1.82, 2.24) is 4.31 Å². The van der Waals surface area contributed by atoms with Crippen molar-refractivity contribution >= 4 is 19.9 Å². The van der Waals surface area contributed by atoms with Gasteiger partial charge in [0.25, 0.3) is 0 Å². The van der Waals surface area contributed by atoms with Gasteiger partial charge in [-0.25, -0.2) is 29.9 Å². The standard InChI is InChI=1S/C16H23F2NO4S2/c1-12(2)10-24(20,21)16-3-5-19(6-4-16)25(22,23)11-13-7-14(17)9-15(18)8-13/h7-9,12,16H,3-6,10-11H2,1-2H3. The van der Waals surface area contributed by atoms with Crippen molar-refractivity contribution in [3.63, 3.8) is 0 Å². The lowest BCUT2D eigenvalue weighted by Gasteiger charge is -2.31. The Kier molecular flexibility index (Phi) is 6.22. The van der Waals surface area contributed by atoms with E-state index in [4.69, 9.17) is 0 Å². The molecule has 1 fully saturated rings. The summed E-state index contributed by atoms with van der Waals surface area (Å²) in [6, 6.07) is 2.65. The highest BCUT2D eigenvalue weighted by atomic mass is 32.2. The second kappa shape index (κ2) is 7.67. The number of piperidine rings is 1. The number of sulfonamides is 1. The van der Waals surface area contributed by atoms with Gasteiger partial charge in [-0.2, -0.15) is 0 Å². The Balaban J connectivity index is 2.04. The van der Waals surface area contributed by atoms with Crippen LogP contribution in [0, 0.1) is 17.6 Å². The Morgan fingerprint density at radius 1 is 1.04 bits per heavy atom. The van der Waals surface area contributed by atoms with Crippen LogP contribution in [-0.2, 0) is 25.6 Å². The third-order valence-corrected chi connectivity index (χ3v) is 8.61. The Hall–Kier alpha value is -1.06. The van der Waals surface area contributed by atoms with E-state index in [0.717, 1.165) is 12.1 Å². The Morgan fingerprint density at radius 3 is 2.04 bits per heavy atom. The molecule has 0 radical (unpaired) electrons. The number of rotatable bonds is 6. The summed E-state index contributed by atoms with van der Waals surface area (Å²) >= 11 is 0. The van der Waals surface area contributed by atoms with E-state index in [1.165, 1.54) is 4.31 Å². The monoisotopic (exact) mass is 395 g/mol. The average Bonchev–Trinajstić information content (AvgIpc) is 2.44. The summed E-state index contributed by atoms with van der Waals surface area (Å²) in [4.78, 5) is 0. The van der Waals surface area contributed by atoms with Crippen LogP contribution >= 0.6 is 0 Å². The second-order valence-corrected chi connectivity index (χ2v) is 11.2. The van der Waals surface area contributed by atoms with Crippen LogP contribution in [0.4, 0.5) is 8.78 Å². The van der Waals surface area contributed by atoms with Gasteiger partial charge in [0.1, 0.15) is 11.6 Å². The molecule has 2 rings (SSSR count). The highest BCUT2D eigenvalue weighted by molar-refractivity contribution is 7.92. The van der Waals surface area contributed by atoms with Crippen molar-refractivity contribution in [2.75, 3.05) is 18.8 Å². The minimum Gasteiger partial charge on any atom is -0.229 e. The first-order valence-electron chi connectivity index (χ1n) is 8.14. The molecule has 1 aliphatic rings. The molecule has 1 aliphatic heterocycles. The lowest BCUT2D eigenvalue weighted by Crippen LogP contribution is -2.43. The second-order valence-electron chi connectivity index (χ2n) is 6.86.